The summed E-state index contributed by atoms with van der Waals surface area (Å²) in [7, 11) is -3.88. The zero-order valence-electron chi connectivity index (χ0n) is 10.7. The van der Waals surface area contributed by atoms with Gasteiger partial charge in [0.1, 0.15) is 4.90 Å². The van der Waals surface area contributed by atoms with Crippen LogP contribution in [0.5, 0.6) is 0 Å². The Bertz CT molecular complexity index is 621. The first-order chi connectivity index (χ1) is 9.25. The standard InChI is InChI=1S/C12H14Cl2FNO3S/c1-7(17)8-4-5-16(6-8)20(18,19)10-3-2-9(13)12(15)11(10)14/h2-3,7-8,17H,4-6H2,1H3. The number of hydrogen-bond acceptors (Lipinski definition) is 3. The molecule has 0 radical (unpaired) electrons. The van der Waals surface area contributed by atoms with Gasteiger partial charge in [-0.05, 0) is 31.4 Å². The van der Waals surface area contributed by atoms with Crippen molar-refractivity contribution in [2.75, 3.05) is 13.1 Å². The second-order valence-electron chi connectivity index (χ2n) is 4.83. The van der Waals surface area contributed by atoms with E-state index < -0.39 is 27.0 Å². The van der Waals surface area contributed by atoms with Crippen molar-refractivity contribution in [2.45, 2.75) is 24.3 Å². The highest BCUT2D eigenvalue weighted by Crippen LogP contribution is 2.33. The van der Waals surface area contributed by atoms with Crippen molar-refractivity contribution in [1.82, 2.24) is 4.31 Å². The van der Waals surface area contributed by atoms with Crippen molar-refractivity contribution in [3.05, 3.63) is 28.0 Å². The summed E-state index contributed by atoms with van der Waals surface area (Å²) in [6.07, 6.45) is -0.0301. The lowest BCUT2D eigenvalue weighted by atomic mass is 10.0. The zero-order valence-corrected chi connectivity index (χ0v) is 13.0. The van der Waals surface area contributed by atoms with E-state index in [4.69, 9.17) is 23.2 Å². The average Bonchev–Trinajstić information content (AvgIpc) is 2.86. The Morgan fingerprint density at radius 2 is 2.10 bits per heavy atom. The van der Waals surface area contributed by atoms with Crippen LogP contribution in [0.2, 0.25) is 10.0 Å². The van der Waals surface area contributed by atoms with Crippen LogP contribution in [0.3, 0.4) is 0 Å². The van der Waals surface area contributed by atoms with Crippen LogP contribution < -0.4 is 0 Å². The van der Waals surface area contributed by atoms with Gasteiger partial charge < -0.3 is 5.11 Å². The fourth-order valence-corrected chi connectivity index (χ4v) is 4.44. The van der Waals surface area contributed by atoms with Crippen molar-refractivity contribution in [1.29, 1.82) is 0 Å². The highest BCUT2D eigenvalue weighted by Gasteiger charge is 2.36. The molecule has 1 heterocycles. The number of nitrogens with zero attached hydrogens (tertiary/aromatic N) is 1. The Kier molecular flexibility index (Phi) is 4.61. The molecule has 112 valence electrons. The molecule has 2 unspecified atom stereocenters. The Hall–Kier alpha value is -0.400. The molecule has 1 aliphatic heterocycles. The minimum atomic E-state index is -3.88. The smallest absolute Gasteiger partial charge is 0.244 e. The van der Waals surface area contributed by atoms with Crippen molar-refractivity contribution < 1.29 is 17.9 Å². The molecule has 0 aromatic heterocycles. The molecule has 1 aromatic carbocycles. The Morgan fingerprint density at radius 3 is 2.65 bits per heavy atom. The SMILES string of the molecule is CC(O)C1CCN(S(=O)(=O)c2ccc(Cl)c(F)c2Cl)C1. The summed E-state index contributed by atoms with van der Waals surface area (Å²) in [5.41, 5.74) is 0. The van der Waals surface area contributed by atoms with Gasteiger partial charge in [-0.25, -0.2) is 12.8 Å². The number of aliphatic hydroxyl groups excluding tert-OH is 1. The van der Waals surface area contributed by atoms with E-state index in [0.29, 0.717) is 6.42 Å². The summed E-state index contributed by atoms with van der Waals surface area (Å²) < 4.78 is 39.7. The third-order valence-electron chi connectivity index (χ3n) is 3.49. The molecule has 8 heteroatoms. The lowest BCUT2D eigenvalue weighted by Gasteiger charge is -2.18. The van der Waals surface area contributed by atoms with Crippen LogP contribution in [0.15, 0.2) is 17.0 Å². The topological polar surface area (TPSA) is 57.6 Å². The highest BCUT2D eigenvalue weighted by atomic mass is 35.5. The Morgan fingerprint density at radius 1 is 1.45 bits per heavy atom. The third kappa shape index (κ3) is 2.80. The molecule has 0 spiro atoms. The van der Waals surface area contributed by atoms with Crippen molar-refractivity contribution in [3.63, 3.8) is 0 Å². The van der Waals surface area contributed by atoms with Crippen molar-refractivity contribution in [3.8, 4) is 0 Å². The maximum Gasteiger partial charge on any atom is 0.244 e. The van der Waals surface area contributed by atoms with Crippen LogP contribution in [-0.2, 0) is 10.0 Å². The van der Waals surface area contributed by atoms with Gasteiger partial charge in [0, 0.05) is 13.1 Å². The predicted octanol–water partition coefficient (Wildman–Crippen LogP) is 2.52. The normalized spacial score (nSPS) is 22.1. The molecule has 20 heavy (non-hydrogen) atoms. The first kappa shape index (κ1) is 16.0. The number of aliphatic hydroxyl groups is 1. The van der Waals surface area contributed by atoms with Crippen LogP contribution in [0, 0.1) is 11.7 Å². The fraction of sp³-hybridized carbons (Fsp3) is 0.500. The molecule has 2 atom stereocenters. The van der Waals surface area contributed by atoms with Gasteiger partial charge in [-0.15, -0.1) is 0 Å². The summed E-state index contributed by atoms with van der Waals surface area (Å²) in [4.78, 5) is -0.299. The van der Waals surface area contributed by atoms with Gasteiger partial charge in [0.25, 0.3) is 0 Å². The summed E-state index contributed by atoms with van der Waals surface area (Å²) >= 11 is 11.3. The van der Waals surface area contributed by atoms with E-state index in [0.717, 1.165) is 6.07 Å². The number of hydrogen-bond donors (Lipinski definition) is 1. The zero-order chi connectivity index (χ0) is 15.1. The molecule has 1 aliphatic rings. The van der Waals surface area contributed by atoms with Crippen molar-refractivity contribution in [2.24, 2.45) is 5.92 Å². The second-order valence-corrected chi connectivity index (χ2v) is 7.52. The molecule has 1 aromatic rings. The van der Waals surface area contributed by atoms with Crippen molar-refractivity contribution >= 4 is 33.2 Å². The first-order valence-electron chi connectivity index (χ1n) is 6.07. The maximum absolute atomic E-state index is 13.6. The fourth-order valence-electron chi connectivity index (χ4n) is 2.21. The van der Waals surface area contributed by atoms with Crippen LogP contribution in [0.4, 0.5) is 4.39 Å². The summed E-state index contributed by atoms with van der Waals surface area (Å²) in [6.45, 7) is 2.09. The van der Waals surface area contributed by atoms with Gasteiger partial charge in [-0.2, -0.15) is 4.31 Å². The number of benzene rings is 1. The number of rotatable bonds is 3. The van der Waals surface area contributed by atoms with Gasteiger partial charge in [-0.1, -0.05) is 23.2 Å². The predicted molar refractivity (Wildman–Crippen MR) is 75.0 cm³/mol. The molecule has 1 saturated heterocycles. The average molecular weight is 342 g/mol. The third-order valence-corrected chi connectivity index (χ3v) is 6.17. The largest absolute Gasteiger partial charge is 0.393 e. The van der Waals surface area contributed by atoms with E-state index in [1.807, 2.05) is 0 Å². The van der Waals surface area contributed by atoms with E-state index in [1.54, 1.807) is 6.92 Å². The van der Waals surface area contributed by atoms with E-state index in [2.05, 4.69) is 0 Å². The van der Waals surface area contributed by atoms with Crippen LogP contribution in [0.1, 0.15) is 13.3 Å². The van der Waals surface area contributed by atoms with Gasteiger partial charge >= 0.3 is 0 Å². The molecule has 0 bridgehead atoms. The van der Waals surface area contributed by atoms with E-state index >= 15 is 0 Å². The molecule has 0 amide bonds. The monoisotopic (exact) mass is 341 g/mol. The number of sulfonamides is 1. The van der Waals surface area contributed by atoms with Crippen LogP contribution >= 0.6 is 23.2 Å². The maximum atomic E-state index is 13.6. The molecular weight excluding hydrogens is 328 g/mol. The molecular formula is C12H14Cl2FNO3S. The van der Waals surface area contributed by atoms with Gasteiger partial charge in [0.15, 0.2) is 5.82 Å². The van der Waals surface area contributed by atoms with E-state index in [9.17, 15) is 17.9 Å². The Labute approximate surface area is 127 Å². The molecule has 1 N–H and O–H groups in total. The van der Waals surface area contributed by atoms with E-state index in [1.165, 1.54) is 10.4 Å². The highest BCUT2D eigenvalue weighted by molar-refractivity contribution is 7.89. The van der Waals surface area contributed by atoms with Crippen LogP contribution in [-0.4, -0.2) is 37.0 Å². The summed E-state index contributed by atoms with van der Waals surface area (Å²) in [6, 6.07) is 2.36. The number of halogens is 3. The lowest BCUT2D eigenvalue weighted by Crippen LogP contribution is -2.30. The molecule has 1 fully saturated rings. The molecule has 0 aliphatic carbocycles. The summed E-state index contributed by atoms with van der Waals surface area (Å²) in [5.74, 6) is -1.07. The quantitative estimate of drug-likeness (QED) is 0.859. The summed E-state index contributed by atoms with van der Waals surface area (Å²) in [5, 5.41) is 8.79. The minimum absolute atomic E-state index is 0.124. The molecule has 0 saturated carbocycles. The molecule has 4 nitrogen and oxygen atoms in total. The van der Waals surface area contributed by atoms with Gasteiger partial charge in [0.05, 0.1) is 16.1 Å². The molecule has 2 rings (SSSR count). The minimum Gasteiger partial charge on any atom is -0.393 e. The van der Waals surface area contributed by atoms with Crippen LogP contribution in [0.25, 0.3) is 0 Å². The Balaban J connectivity index is 2.35. The van der Waals surface area contributed by atoms with Gasteiger partial charge in [0.2, 0.25) is 10.0 Å². The van der Waals surface area contributed by atoms with Gasteiger partial charge in [-0.3, -0.25) is 0 Å². The lowest BCUT2D eigenvalue weighted by molar-refractivity contribution is 0.133. The second kappa shape index (κ2) is 5.77. The van der Waals surface area contributed by atoms with E-state index in [-0.39, 0.29) is 28.9 Å². The first-order valence-corrected chi connectivity index (χ1v) is 8.26.